The van der Waals surface area contributed by atoms with Gasteiger partial charge in [-0.25, -0.2) is 0 Å². The maximum absolute atomic E-state index is 9.01. The van der Waals surface area contributed by atoms with Crippen molar-refractivity contribution in [1.82, 2.24) is 5.32 Å². The summed E-state index contributed by atoms with van der Waals surface area (Å²) in [5.74, 6) is 0. The van der Waals surface area contributed by atoms with E-state index in [1.807, 2.05) is 0 Å². The van der Waals surface area contributed by atoms with E-state index in [4.69, 9.17) is 9.84 Å². The van der Waals surface area contributed by atoms with Crippen LogP contribution in [0, 0.1) is 0 Å². The molecule has 9 heavy (non-hydrogen) atoms. The number of hydrogen-bond acceptors (Lipinski definition) is 3. The van der Waals surface area contributed by atoms with E-state index in [-0.39, 0.29) is 12.2 Å². The van der Waals surface area contributed by atoms with Gasteiger partial charge in [-0.1, -0.05) is 0 Å². The first-order valence-corrected chi connectivity index (χ1v) is 3.31. The van der Waals surface area contributed by atoms with E-state index in [1.54, 1.807) is 6.92 Å². The molecule has 1 heterocycles. The van der Waals surface area contributed by atoms with Gasteiger partial charge >= 0.3 is 0 Å². The van der Waals surface area contributed by atoms with Gasteiger partial charge in [-0.15, -0.1) is 0 Å². The molecule has 0 saturated carbocycles. The van der Waals surface area contributed by atoms with Gasteiger partial charge in [0.25, 0.3) is 0 Å². The topological polar surface area (TPSA) is 41.5 Å². The largest absolute Gasteiger partial charge is 0.391 e. The number of nitrogens with one attached hydrogen (secondary N) is 1. The standard InChI is InChI=1S/C6H13NO2/c1-5(8)6-4-7-2-3-9-6/h5-8H,2-4H2,1H3/t5-,6?/m0/s1. The summed E-state index contributed by atoms with van der Waals surface area (Å²) in [6, 6.07) is 0. The van der Waals surface area contributed by atoms with Gasteiger partial charge < -0.3 is 15.2 Å². The fourth-order valence-electron chi connectivity index (χ4n) is 0.896. The number of rotatable bonds is 1. The Morgan fingerprint density at radius 3 is 2.89 bits per heavy atom. The van der Waals surface area contributed by atoms with Crippen LogP contribution in [-0.2, 0) is 4.74 Å². The highest BCUT2D eigenvalue weighted by Gasteiger charge is 2.17. The first-order chi connectivity index (χ1) is 4.30. The van der Waals surface area contributed by atoms with Crippen LogP contribution in [0.25, 0.3) is 0 Å². The molecule has 0 aliphatic carbocycles. The Bertz CT molecular complexity index is 79.1. The normalized spacial score (nSPS) is 32.0. The lowest BCUT2D eigenvalue weighted by molar-refractivity contribution is -0.0445. The zero-order chi connectivity index (χ0) is 6.69. The van der Waals surface area contributed by atoms with Crippen molar-refractivity contribution in [2.75, 3.05) is 19.7 Å². The summed E-state index contributed by atoms with van der Waals surface area (Å²) >= 11 is 0. The molecule has 2 N–H and O–H groups in total. The van der Waals surface area contributed by atoms with E-state index in [0.717, 1.165) is 19.7 Å². The van der Waals surface area contributed by atoms with Gasteiger partial charge in [0, 0.05) is 13.1 Å². The Labute approximate surface area is 55.0 Å². The van der Waals surface area contributed by atoms with Crippen LogP contribution in [0.3, 0.4) is 0 Å². The Morgan fingerprint density at radius 2 is 2.56 bits per heavy atom. The summed E-state index contributed by atoms with van der Waals surface area (Å²) in [5, 5.41) is 12.1. The molecule has 0 aromatic rings. The zero-order valence-corrected chi connectivity index (χ0v) is 5.63. The molecule has 1 saturated heterocycles. The van der Waals surface area contributed by atoms with Crippen molar-refractivity contribution in [2.45, 2.75) is 19.1 Å². The minimum Gasteiger partial charge on any atom is -0.391 e. The maximum Gasteiger partial charge on any atom is 0.0955 e. The quantitative estimate of drug-likeness (QED) is 0.497. The Balaban J connectivity index is 2.23. The van der Waals surface area contributed by atoms with Crippen LogP contribution in [0.2, 0.25) is 0 Å². The molecule has 0 aromatic heterocycles. The predicted molar refractivity (Wildman–Crippen MR) is 34.3 cm³/mol. The van der Waals surface area contributed by atoms with E-state index < -0.39 is 0 Å². The molecule has 1 fully saturated rings. The molecule has 0 bridgehead atoms. The van der Waals surface area contributed by atoms with Gasteiger partial charge in [0.1, 0.15) is 0 Å². The van der Waals surface area contributed by atoms with E-state index in [1.165, 1.54) is 0 Å². The third-order valence-corrected chi connectivity index (χ3v) is 1.49. The average Bonchev–Trinajstić information content (AvgIpc) is 1.90. The highest BCUT2D eigenvalue weighted by Crippen LogP contribution is 2.00. The minimum atomic E-state index is -0.349. The number of morpholine rings is 1. The highest BCUT2D eigenvalue weighted by atomic mass is 16.5. The monoisotopic (exact) mass is 131 g/mol. The Kier molecular flexibility index (Phi) is 2.45. The fraction of sp³-hybridized carbons (Fsp3) is 1.00. The summed E-state index contributed by atoms with van der Waals surface area (Å²) < 4.78 is 5.23. The van der Waals surface area contributed by atoms with Crippen LogP contribution < -0.4 is 5.32 Å². The lowest BCUT2D eigenvalue weighted by Gasteiger charge is -2.25. The molecular weight excluding hydrogens is 118 g/mol. The lowest BCUT2D eigenvalue weighted by atomic mass is 10.2. The van der Waals surface area contributed by atoms with Crippen LogP contribution in [0.5, 0.6) is 0 Å². The molecule has 1 aliphatic heterocycles. The molecule has 0 radical (unpaired) electrons. The number of aliphatic hydroxyl groups is 1. The SMILES string of the molecule is C[C@H](O)C1CNCCO1. The van der Waals surface area contributed by atoms with Crippen LogP contribution in [0.15, 0.2) is 0 Å². The van der Waals surface area contributed by atoms with Gasteiger partial charge in [-0.05, 0) is 6.92 Å². The van der Waals surface area contributed by atoms with Crippen LogP contribution in [0.1, 0.15) is 6.92 Å². The predicted octanol–water partition coefficient (Wildman–Crippen LogP) is -0.644. The second-order valence-electron chi connectivity index (χ2n) is 2.35. The maximum atomic E-state index is 9.01. The molecule has 1 rings (SSSR count). The van der Waals surface area contributed by atoms with E-state index in [9.17, 15) is 0 Å². The van der Waals surface area contributed by atoms with Gasteiger partial charge in [0.2, 0.25) is 0 Å². The smallest absolute Gasteiger partial charge is 0.0955 e. The van der Waals surface area contributed by atoms with E-state index >= 15 is 0 Å². The zero-order valence-electron chi connectivity index (χ0n) is 5.63. The fourth-order valence-corrected chi connectivity index (χ4v) is 0.896. The molecule has 0 amide bonds. The van der Waals surface area contributed by atoms with Crippen molar-refractivity contribution in [3.63, 3.8) is 0 Å². The highest BCUT2D eigenvalue weighted by molar-refractivity contribution is 4.71. The van der Waals surface area contributed by atoms with Crippen LogP contribution >= 0.6 is 0 Å². The van der Waals surface area contributed by atoms with Gasteiger partial charge in [-0.3, -0.25) is 0 Å². The van der Waals surface area contributed by atoms with Crippen molar-refractivity contribution < 1.29 is 9.84 Å². The second kappa shape index (κ2) is 3.15. The van der Waals surface area contributed by atoms with Gasteiger partial charge in [0.05, 0.1) is 18.8 Å². The van der Waals surface area contributed by atoms with Crippen LogP contribution in [0.4, 0.5) is 0 Å². The van der Waals surface area contributed by atoms with Crippen LogP contribution in [-0.4, -0.2) is 37.0 Å². The van der Waals surface area contributed by atoms with Crippen molar-refractivity contribution >= 4 is 0 Å². The molecule has 54 valence electrons. The minimum absolute atomic E-state index is 0.00116. The van der Waals surface area contributed by atoms with Crippen molar-refractivity contribution in [3.05, 3.63) is 0 Å². The number of hydrogen-bond donors (Lipinski definition) is 2. The first kappa shape index (κ1) is 6.99. The van der Waals surface area contributed by atoms with Crippen molar-refractivity contribution in [2.24, 2.45) is 0 Å². The van der Waals surface area contributed by atoms with Gasteiger partial charge in [0.15, 0.2) is 0 Å². The number of aliphatic hydroxyl groups excluding tert-OH is 1. The summed E-state index contributed by atoms with van der Waals surface area (Å²) in [6.07, 6.45) is -0.350. The molecule has 1 aliphatic rings. The molecule has 0 aromatic carbocycles. The van der Waals surface area contributed by atoms with E-state index in [0.29, 0.717) is 0 Å². The Hall–Kier alpha value is -0.120. The summed E-state index contributed by atoms with van der Waals surface area (Å²) in [5.41, 5.74) is 0. The summed E-state index contributed by atoms with van der Waals surface area (Å²) in [7, 11) is 0. The molecule has 3 heteroatoms. The van der Waals surface area contributed by atoms with Crippen molar-refractivity contribution in [3.8, 4) is 0 Å². The Morgan fingerprint density at radius 1 is 1.78 bits per heavy atom. The summed E-state index contributed by atoms with van der Waals surface area (Å²) in [6.45, 7) is 4.15. The molecule has 1 unspecified atom stereocenters. The second-order valence-corrected chi connectivity index (χ2v) is 2.35. The third-order valence-electron chi connectivity index (χ3n) is 1.49. The molecule has 0 spiro atoms. The third kappa shape index (κ3) is 1.93. The average molecular weight is 131 g/mol. The van der Waals surface area contributed by atoms with E-state index in [2.05, 4.69) is 5.32 Å². The van der Waals surface area contributed by atoms with Crippen molar-refractivity contribution in [1.29, 1.82) is 0 Å². The first-order valence-electron chi connectivity index (χ1n) is 3.31. The number of ether oxygens (including phenoxy) is 1. The molecule has 3 nitrogen and oxygen atoms in total. The summed E-state index contributed by atoms with van der Waals surface area (Å²) in [4.78, 5) is 0. The molecular formula is C6H13NO2. The van der Waals surface area contributed by atoms with Gasteiger partial charge in [-0.2, -0.15) is 0 Å². The lowest BCUT2D eigenvalue weighted by Crippen LogP contribution is -2.43. The molecule has 2 atom stereocenters.